The summed E-state index contributed by atoms with van der Waals surface area (Å²) in [7, 11) is 3.06. The molecule has 0 fully saturated rings. The van der Waals surface area contributed by atoms with Crippen LogP contribution in [0.5, 0.6) is 11.5 Å². The lowest BCUT2D eigenvalue weighted by molar-refractivity contribution is -0.138. The molecule has 0 atom stereocenters. The van der Waals surface area contributed by atoms with Gasteiger partial charge in [0, 0.05) is 5.56 Å². The number of rotatable bonds is 6. The highest BCUT2D eigenvalue weighted by molar-refractivity contribution is 8.18. The number of esters is 1. The molecule has 7 nitrogen and oxygen atoms in total. The zero-order valence-corrected chi connectivity index (χ0v) is 19.0. The van der Waals surface area contributed by atoms with Crippen molar-refractivity contribution in [2.24, 2.45) is 4.99 Å². The quantitative estimate of drug-likeness (QED) is 0.633. The van der Waals surface area contributed by atoms with E-state index in [1.54, 1.807) is 56.3 Å². The molecule has 8 heteroatoms. The first-order chi connectivity index (χ1) is 15.4. The number of aryl methyl sites for hydroxylation is 1. The Morgan fingerprint density at radius 2 is 1.81 bits per heavy atom. The summed E-state index contributed by atoms with van der Waals surface area (Å²) in [5.41, 5.74) is 1.74. The number of aliphatic hydroxyl groups excluding tert-OH is 1. The van der Waals surface area contributed by atoms with Gasteiger partial charge in [-0.25, -0.2) is 9.79 Å². The SMILES string of the molecule is CCOC(=O)C1=C(O)/C(=C/c2ccc(OC)c(OC)c2)SC1=NC(=O)c1ccccc1C. The molecule has 32 heavy (non-hydrogen) atoms. The molecule has 2 aromatic carbocycles. The largest absolute Gasteiger partial charge is 0.506 e. The highest BCUT2D eigenvalue weighted by Gasteiger charge is 2.34. The van der Waals surface area contributed by atoms with Crippen molar-refractivity contribution in [1.29, 1.82) is 0 Å². The number of aliphatic hydroxyl groups is 1. The molecule has 0 unspecified atom stereocenters. The standard InChI is InChI=1S/C24H23NO6S/c1-5-31-24(28)20-21(26)19(13-15-10-11-17(29-3)18(12-15)30-4)32-23(20)25-22(27)16-9-7-6-8-14(16)2/h6-13,26H,5H2,1-4H3/b19-13-,25-23?. The number of nitrogens with zero attached hydrogens (tertiary/aromatic N) is 1. The molecule has 1 amide bonds. The Morgan fingerprint density at radius 3 is 2.47 bits per heavy atom. The molecule has 2 aromatic rings. The van der Waals surface area contributed by atoms with Crippen LogP contribution in [0.4, 0.5) is 0 Å². The lowest BCUT2D eigenvalue weighted by Gasteiger charge is -2.08. The van der Waals surface area contributed by atoms with Crippen LogP contribution < -0.4 is 9.47 Å². The van der Waals surface area contributed by atoms with Gasteiger partial charge in [0.2, 0.25) is 0 Å². The predicted octanol–water partition coefficient (Wildman–Crippen LogP) is 4.71. The number of amides is 1. The maximum Gasteiger partial charge on any atom is 0.344 e. The Kier molecular flexibility index (Phi) is 7.37. The number of aliphatic imine (C=N–C) groups is 1. The number of benzene rings is 2. The van der Waals surface area contributed by atoms with Crippen molar-refractivity contribution in [2.75, 3.05) is 20.8 Å². The predicted molar refractivity (Wildman–Crippen MR) is 124 cm³/mol. The van der Waals surface area contributed by atoms with Gasteiger partial charge in [-0.1, -0.05) is 36.0 Å². The Labute approximate surface area is 190 Å². The van der Waals surface area contributed by atoms with Crippen molar-refractivity contribution in [3.63, 3.8) is 0 Å². The van der Waals surface area contributed by atoms with Crippen LogP contribution in [0.15, 0.2) is 63.7 Å². The van der Waals surface area contributed by atoms with Gasteiger partial charge in [-0.05, 0) is 49.2 Å². The van der Waals surface area contributed by atoms with E-state index in [4.69, 9.17) is 14.2 Å². The summed E-state index contributed by atoms with van der Waals surface area (Å²) in [6.45, 7) is 3.58. The molecular formula is C24H23NO6S. The zero-order chi connectivity index (χ0) is 23.3. The Balaban J connectivity index is 2.03. The van der Waals surface area contributed by atoms with Crippen molar-refractivity contribution in [3.8, 4) is 11.5 Å². The molecule has 1 heterocycles. The molecule has 0 bridgehead atoms. The summed E-state index contributed by atoms with van der Waals surface area (Å²) in [5, 5.41) is 10.9. The molecule has 0 saturated heterocycles. The number of carbonyl (C=O) groups excluding carboxylic acids is 2. The minimum Gasteiger partial charge on any atom is -0.506 e. The number of methoxy groups -OCH3 is 2. The number of hydrogen-bond donors (Lipinski definition) is 1. The Morgan fingerprint density at radius 1 is 1.09 bits per heavy atom. The van der Waals surface area contributed by atoms with Crippen LogP contribution in [-0.4, -0.2) is 42.9 Å². The van der Waals surface area contributed by atoms with Crippen LogP contribution in [-0.2, 0) is 9.53 Å². The molecule has 1 aliphatic rings. The van der Waals surface area contributed by atoms with E-state index in [9.17, 15) is 14.7 Å². The van der Waals surface area contributed by atoms with Crippen LogP contribution in [0, 0.1) is 6.92 Å². The second-order valence-electron chi connectivity index (χ2n) is 6.71. The van der Waals surface area contributed by atoms with Gasteiger partial charge in [-0.3, -0.25) is 4.79 Å². The average Bonchev–Trinajstić information content (AvgIpc) is 3.08. The third-order valence-corrected chi connectivity index (χ3v) is 5.67. The average molecular weight is 454 g/mol. The first kappa shape index (κ1) is 23.1. The van der Waals surface area contributed by atoms with Gasteiger partial charge < -0.3 is 19.3 Å². The summed E-state index contributed by atoms with van der Waals surface area (Å²) in [5.74, 6) is -0.467. The summed E-state index contributed by atoms with van der Waals surface area (Å²) >= 11 is 1.02. The van der Waals surface area contributed by atoms with Crippen molar-refractivity contribution in [2.45, 2.75) is 13.8 Å². The first-order valence-corrected chi connectivity index (χ1v) is 10.6. The third-order valence-electron chi connectivity index (χ3n) is 4.65. The van der Waals surface area contributed by atoms with Crippen molar-refractivity contribution in [1.82, 2.24) is 0 Å². The molecule has 3 rings (SSSR count). The topological polar surface area (TPSA) is 94.4 Å². The summed E-state index contributed by atoms with van der Waals surface area (Å²) in [4.78, 5) is 29.8. The zero-order valence-electron chi connectivity index (χ0n) is 18.2. The van der Waals surface area contributed by atoms with Crippen molar-refractivity contribution < 1.29 is 28.9 Å². The van der Waals surface area contributed by atoms with Crippen LogP contribution >= 0.6 is 11.8 Å². The molecule has 0 spiro atoms. The van der Waals surface area contributed by atoms with E-state index in [-0.39, 0.29) is 23.0 Å². The van der Waals surface area contributed by atoms with Gasteiger partial charge in [0.25, 0.3) is 5.91 Å². The minimum absolute atomic E-state index is 0.0842. The van der Waals surface area contributed by atoms with E-state index in [2.05, 4.69) is 4.99 Å². The number of thioether (sulfide) groups is 1. The fraction of sp³-hybridized carbons (Fsp3) is 0.208. The van der Waals surface area contributed by atoms with Crippen LogP contribution in [0.3, 0.4) is 0 Å². The molecule has 0 saturated carbocycles. The minimum atomic E-state index is -0.746. The van der Waals surface area contributed by atoms with Gasteiger partial charge in [0.1, 0.15) is 16.4 Å². The van der Waals surface area contributed by atoms with Crippen molar-refractivity contribution in [3.05, 3.63) is 75.4 Å². The highest BCUT2D eigenvalue weighted by atomic mass is 32.2. The fourth-order valence-corrected chi connectivity index (χ4v) is 4.06. The summed E-state index contributed by atoms with van der Waals surface area (Å²) in [6.07, 6.45) is 1.67. The molecule has 1 aliphatic heterocycles. The van der Waals surface area contributed by atoms with E-state index < -0.39 is 11.9 Å². The van der Waals surface area contributed by atoms with E-state index in [1.165, 1.54) is 14.2 Å². The summed E-state index contributed by atoms with van der Waals surface area (Å²) in [6, 6.07) is 12.3. The van der Waals surface area contributed by atoms with Gasteiger partial charge >= 0.3 is 5.97 Å². The van der Waals surface area contributed by atoms with Gasteiger partial charge in [0.15, 0.2) is 11.5 Å². The lowest BCUT2D eigenvalue weighted by Crippen LogP contribution is -2.14. The van der Waals surface area contributed by atoms with Gasteiger partial charge in [0.05, 0.1) is 25.7 Å². The molecule has 166 valence electrons. The highest BCUT2D eigenvalue weighted by Crippen LogP contribution is 2.40. The number of hydrogen-bond acceptors (Lipinski definition) is 7. The third kappa shape index (κ3) is 4.86. The maximum absolute atomic E-state index is 12.8. The van der Waals surface area contributed by atoms with Crippen LogP contribution in [0.25, 0.3) is 6.08 Å². The number of ether oxygens (including phenoxy) is 3. The van der Waals surface area contributed by atoms with Crippen molar-refractivity contribution >= 4 is 34.8 Å². The smallest absolute Gasteiger partial charge is 0.344 e. The van der Waals surface area contributed by atoms with Gasteiger partial charge in [-0.15, -0.1) is 0 Å². The fourth-order valence-electron chi connectivity index (χ4n) is 3.05. The molecule has 0 radical (unpaired) electrons. The maximum atomic E-state index is 12.8. The van der Waals surface area contributed by atoms with Crippen LogP contribution in [0.1, 0.15) is 28.4 Å². The Bertz CT molecular complexity index is 1150. The molecule has 1 N–H and O–H groups in total. The lowest BCUT2D eigenvalue weighted by atomic mass is 10.1. The Hall–Kier alpha value is -3.52. The van der Waals surface area contributed by atoms with Crippen LogP contribution in [0.2, 0.25) is 0 Å². The number of carbonyl (C=O) groups is 2. The normalized spacial score (nSPS) is 15.9. The second kappa shape index (κ2) is 10.2. The second-order valence-corrected chi connectivity index (χ2v) is 7.74. The van der Waals surface area contributed by atoms with Gasteiger partial charge in [-0.2, -0.15) is 0 Å². The molecular weight excluding hydrogens is 430 g/mol. The van der Waals surface area contributed by atoms with E-state index >= 15 is 0 Å². The molecule has 0 aromatic heterocycles. The van der Waals surface area contributed by atoms with E-state index in [1.807, 2.05) is 6.07 Å². The first-order valence-electron chi connectivity index (χ1n) is 9.80. The summed E-state index contributed by atoms with van der Waals surface area (Å²) < 4.78 is 15.6. The monoisotopic (exact) mass is 453 g/mol. The molecule has 0 aliphatic carbocycles. The van der Waals surface area contributed by atoms with E-state index in [0.717, 1.165) is 17.3 Å². The van der Waals surface area contributed by atoms with E-state index in [0.29, 0.717) is 27.5 Å².